The maximum atomic E-state index is 12.5. The molecule has 0 unspecified atom stereocenters. The Morgan fingerprint density at radius 2 is 2.09 bits per heavy atom. The van der Waals surface area contributed by atoms with Gasteiger partial charge in [0.1, 0.15) is 12.1 Å². The molecule has 2 rings (SSSR count). The number of carbonyl (C=O) groups is 2. The summed E-state index contributed by atoms with van der Waals surface area (Å²) in [6, 6.07) is 0.601. The van der Waals surface area contributed by atoms with Crippen LogP contribution in [0.3, 0.4) is 0 Å². The molecule has 128 valence electrons. The van der Waals surface area contributed by atoms with Gasteiger partial charge in [-0.15, -0.1) is 12.4 Å². The molecule has 1 saturated heterocycles. The van der Waals surface area contributed by atoms with Crippen LogP contribution in [0.5, 0.6) is 0 Å². The van der Waals surface area contributed by atoms with Crippen LogP contribution in [0.2, 0.25) is 0 Å². The number of urea groups is 1. The first-order valence-corrected chi connectivity index (χ1v) is 7.46. The van der Waals surface area contributed by atoms with Crippen LogP contribution in [0.1, 0.15) is 26.7 Å². The Hall–Kier alpha value is -1.93. The zero-order valence-corrected chi connectivity index (χ0v) is 14.1. The lowest BCUT2D eigenvalue weighted by Gasteiger charge is -2.31. The fourth-order valence-electron chi connectivity index (χ4n) is 2.26. The zero-order chi connectivity index (χ0) is 16.1. The van der Waals surface area contributed by atoms with Gasteiger partial charge in [0, 0.05) is 19.3 Å². The minimum absolute atomic E-state index is 0. The van der Waals surface area contributed by atoms with E-state index in [-0.39, 0.29) is 30.3 Å². The van der Waals surface area contributed by atoms with Crippen molar-refractivity contribution < 1.29 is 9.59 Å². The molecular weight excluding hydrogens is 320 g/mol. The molecule has 0 bridgehead atoms. The molecule has 0 aliphatic carbocycles. The van der Waals surface area contributed by atoms with Gasteiger partial charge < -0.3 is 5.73 Å². The maximum absolute atomic E-state index is 12.5. The van der Waals surface area contributed by atoms with Crippen molar-refractivity contribution in [1.82, 2.24) is 20.0 Å². The number of amides is 3. The number of rotatable bonds is 4. The SMILES string of the molecule is CC[C@H](C)[C@H](N)C(=O)N1CCCN1C(=O)Nc1ccncn1.Cl. The molecule has 2 heterocycles. The largest absolute Gasteiger partial charge is 0.341 e. The average molecular weight is 343 g/mol. The van der Waals surface area contributed by atoms with E-state index in [0.717, 1.165) is 12.8 Å². The van der Waals surface area contributed by atoms with Crippen LogP contribution in [0.4, 0.5) is 10.6 Å². The Morgan fingerprint density at radius 1 is 1.39 bits per heavy atom. The molecule has 2 atom stereocenters. The lowest BCUT2D eigenvalue weighted by Crippen LogP contribution is -2.53. The Balaban J connectivity index is 0.00000264. The second kappa shape index (κ2) is 8.64. The molecule has 1 aromatic rings. The van der Waals surface area contributed by atoms with E-state index in [1.807, 2.05) is 13.8 Å². The van der Waals surface area contributed by atoms with Gasteiger partial charge in [-0.05, 0) is 18.4 Å². The number of hydrogen-bond acceptors (Lipinski definition) is 5. The molecule has 1 aliphatic rings. The highest BCUT2D eigenvalue weighted by molar-refractivity contribution is 5.91. The normalized spacial score (nSPS) is 16.5. The molecule has 1 fully saturated rings. The van der Waals surface area contributed by atoms with Crippen molar-refractivity contribution in [2.75, 3.05) is 18.4 Å². The fraction of sp³-hybridized carbons (Fsp3) is 0.571. The highest BCUT2D eigenvalue weighted by atomic mass is 35.5. The number of halogens is 1. The lowest BCUT2D eigenvalue weighted by atomic mass is 9.99. The number of nitrogens with two attached hydrogens (primary N) is 1. The Kier molecular flexibility index (Phi) is 7.18. The van der Waals surface area contributed by atoms with E-state index >= 15 is 0 Å². The summed E-state index contributed by atoms with van der Waals surface area (Å²) in [7, 11) is 0. The van der Waals surface area contributed by atoms with Crippen molar-refractivity contribution in [3.8, 4) is 0 Å². The average Bonchev–Trinajstić information content (AvgIpc) is 3.03. The summed E-state index contributed by atoms with van der Waals surface area (Å²) in [5.41, 5.74) is 6.00. The molecule has 0 radical (unpaired) electrons. The van der Waals surface area contributed by atoms with Gasteiger partial charge in [-0.3, -0.25) is 10.1 Å². The number of nitrogens with one attached hydrogen (secondary N) is 1. The fourth-order valence-corrected chi connectivity index (χ4v) is 2.26. The van der Waals surface area contributed by atoms with Crippen molar-refractivity contribution >= 4 is 30.2 Å². The molecule has 8 nitrogen and oxygen atoms in total. The summed E-state index contributed by atoms with van der Waals surface area (Å²) in [5, 5.41) is 5.49. The smallest absolute Gasteiger partial charge is 0.320 e. The highest BCUT2D eigenvalue weighted by Crippen LogP contribution is 2.17. The van der Waals surface area contributed by atoms with E-state index in [2.05, 4.69) is 15.3 Å². The Labute approximate surface area is 141 Å². The first kappa shape index (κ1) is 19.1. The van der Waals surface area contributed by atoms with Gasteiger partial charge in [0.15, 0.2) is 0 Å². The van der Waals surface area contributed by atoms with Crippen LogP contribution >= 0.6 is 12.4 Å². The molecule has 3 N–H and O–H groups in total. The molecular formula is C14H23ClN6O2. The summed E-state index contributed by atoms with van der Waals surface area (Å²) < 4.78 is 0. The first-order chi connectivity index (χ1) is 10.5. The van der Waals surface area contributed by atoms with E-state index in [1.54, 1.807) is 6.07 Å². The monoisotopic (exact) mass is 342 g/mol. The van der Waals surface area contributed by atoms with Crippen LogP contribution < -0.4 is 11.1 Å². The van der Waals surface area contributed by atoms with Crippen LogP contribution in [-0.4, -0.2) is 51.1 Å². The van der Waals surface area contributed by atoms with E-state index in [1.165, 1.54) is 22.5 Å². The van der Waals surface area contributed by atoms with E-state index in [9.17, 15) is 9.59 Å². The predicted molar refractivity (Wildman–Crippen MR) is 88.8 cm³/mol. The van der Waals surface area contributed by atoms with Crippen LogP contribution in [-0.2, 0) is 4.79 Å². The van der Waals surface area contributed by atoms with Crippen molar-refractivity contribution in [3.05, 3.63) is 18.6 Å². The van der Waals surface area contributed by atoms with Gasteiger partial charge in [0.2, 0.25) is 0 Å². The number of carbonyl (C=O) groups excluding carboxylic acids is 2. The minimum atomic E-state index is -0.600. The van der Waals surface area contributed by atoms with Gasteiger partial charge in [-0.25, -0.2) is 24.8 Å². The topological polar surface area (TPSA) is 104 Å². The molecule has 1 aromatic heterocycles. The molecule has 23 heavy (non-hydrogen) atoms. The molecule has 0 saturated carbocycles. The second-order valence-corrected chi connectivity index (χ2v) is 5.37. The maximum Gasteiger partial charge on any atom is 0.341 e. The van der Waals surface area contributed by atoms with Crippen LogP contribution in [0.25, 0.3) is 0 Å². The van der Waals surface area contributed by atoms with Gasteiger partial charge in [0.25, 0.3) is 5.91 Å². The predicted octanol–water partition coefficient (Wildman–Crippen LogP) is 1.25. The molecule has 0 spiro atoms. The number of hydrazine groups is 1. The van der Waals surface area contributed by atoms with E-state index in [0.29, 0.717) is 18.9 Å². The molecule has 0 aromatic carbocycles. The summed E-state index contributed by atoms with van der Waals surface area (Å²) in [6.45, 7) is 4.90. The standard InChI is InChI=1S/C14H22N6O2.ClH/c1-3-10(2)12(15)13(21)19-7-4-8-20(19)14(22)18-11-5-6-16-9-17-11;/h5-6,9-10,12H,3-4,7-8,15H2,1-2H3,(H,16,17,18,22);1H/t10-,12-;/m0./s1. The van der Waals surface area contributed by atoms with Gasteiger partial charge in [0.05, 0.1) is 6.04 Å². The molecule has 3 amide bonds. The number of anilines is 1. The van der Waals surface area contributed by atoms with Gasteiger partial charge >= 0.3 is 6.03 Å². The summed E-state index contributed by atoms with van der Waals surface area (Å²) >= 11 is 0. The lowest BCUT2D eigenvalue weighted by molar-refractivity contribution is -0.142. The number of hydrogen-bond donors (Lipinski definition) is 2. The van der Waals surface area contributed by atoms with Crippen LogP contribution in [0.15, 0.2) is 18.6 Å². The number of nitrogens with zero attached hydrogens (tertiary/aromatic N) is 4. The molecule has 9 heteroatoms. The van der Waals surface area contributed by atoms with Gasteiger partial charge in [-0.2, -0.15) is 0 Å². The van der Waals surface area contributed by atoms with Crippen molar-refractivity contribution in [3.63, 3.8) is 0 Å². The third kappa shape index (κ3) is 4.52. The van der Waals surface area contributed by atoms with E-state index in [4.69, 9.17) is 5.73 Å². The third-order valence-electron chi connectivity index (χ3n) is 3.88. The third-order valence-corrected chi connectivity index (χ3v) is 3.88. The Bertz CT molecular complexity index is 529. The van der Waals surface area contributed by atoms with Crippen molar-refractivity contribution in [2.45, 2.75) is 32.7 Å². The van der Waals surface area contributed by atoms with Gasteiger partial charge in [-0.1, -0.05) is 20.3 Å². The van der Waals surface area contributed by atoms with E-state index < -0.39 is 6.04 Å². The van der Waals surface area contributed by atoms with Crippen molar-refractivity contribution in [1.29, 1.82) is 0 Å². The Morgan fingerprint density at radius 3 is 2.70 bits per heavy atom. The summed E-state index contributed by atoms with van der Waals surface area (Å²) in [5.74, 6) is 0.245. The quantitative estimate of drug-likeness (QED) is 0.857. The first-order valence-electron chi connectivity index (χ1n) is 7.46. The van der Waals surface area contributed by atoms with Crippen LogP contribution in [0, 0.1) is 5.92 Å². The van der Waals surface area contributed by atoms with Crippen molar-refractivity contribution in [2.24, 2.45) is 11.7 Å². The minimum Gasteiger partial charge on any atom is -0.320 e. The highest BCUT2D eigenvalue weighted by Gasteiger charge is 2.34. The molecule has 1 aliphatic heterocycles. The summed E-state index contributed by atoms with van der Waals surface area (Å²) in [4.78, 5) is 32.5. The summed E-state index contributed by atoms with van der Waals surface area (Å²) in [6.07, 6.45) is 4.43. The second-order valence-electron chi connectivity index (χ2n) is 5.37. The number of aromatic nitrogens is 2. The zero-order valence-electron chi connectivity index (χ0n) is 13.3.